The second kappa shape index (κ2) is 24.0. The van der Waals surface area contributed by atoms with Crippen LogP contribution in [-0.2, 0) is 29.4 Å². The highest BCUT2D eigenvalue weighted by Gasteiger charge is 2.27. The largest absolute Gasteiger partial charge is 0.495 e. The number of sulfone groups is 1. The van der Waals surface area contributed by atoms with Crippen LogP contribution in [0, 0.1) is 0 Å². The van der Waals surface area contributed by atoms with Crippen molar-refractivity contribution >= 4 is 78.6 Å². The van der Waals surface area contributed by atoms with Crippen LogP contribution in [0.1, 0.15) is 44.5 Å². The maximum Gasteiger partial charge on any atom is 0.300 e. The second-order valence-electron chi connectivity index (χ2n) is 14.1. The predicted octanol–water partition coefficient (Wildman–Crippen LogP) is 3.87. The maximum absolute atomic E-state index is 13.0. The molecule has 0 bridgehead atoms. The standard InChI is InChI=1S/C19H26N4O3S.C18H22N4O3S.2C2H4O2.ClH/c1-13-12-23(14(2)11-21-13)18-9-8-15(10-16(18)20)27(24,25)22-17-6-4-5-7-19(17)26-3;19-15-12-13(6-7-16(15)22-10-3-8-21-9-11-22)26(24,25)17-5-2-1-4-14(17)18(20)23;2*1-2(3)4;/h4-10,13-14,21-22H,11-12,20H2,1-3H3;1-2,4-7,12,21H,3,8-11,19H2,(H2,20,23);2*1H3,(H,3,4);1H/t13-,14+;;;;/m1..../s1. The van der Waals surface area contributed by atoms with E-state index in [0.29, 0.717) is 28.9 Å². The molecule has 18 nitrogen and oxygen atoms in total. The lowest BCUT2D eigenvalue weighted by Crippen LogP contribution is -2.54. The monoisotopic (exact) mass is 920 g/mol. The summed E-state index contributed by atoms with van der Waals surface area (Å²) in [5.74, 6) is -2.00. The molecule has 1 amide bonds. The molecule has 2 atom stereocenters. The fourth-order valence-electron chi connectivity index (χ4n) is 6.36. The number of carbonyl (C=O) groups is 3. The number of nitrogens with two attached hydrogens (primary N) is 3. The summed E-state index contributed by atoms with van der Waals surface area (Å²) in [6.07, 6.45) is 0.992. The molecule has 6 rings (SSSR count). The average Bonchev–Trinajstić information content (AvgIpc) is 3.48. The van der Waals surface area contributed by atoms with Gasteiger partial charge in [0.05, 0.1) is 55.8 Å². The second-order valence-corrected chi connectivity index (χ2v) is 17.7. The highest BCUT2D eigenvalue weighted by molar-refractivity contribution is 7.92. The number of nitrogen functional groups attached to an aromatic ring is 2. The number of methoxy groups -OCH3 is 1. The van der Waals surface area contributed by atoms with E-state index in [-0.39, 0.29) is 38.7 Å². The Balaban J connectivity index is 0.000000359. The molecule has 4 aromatic carbocycles. The molecule has 11 N–H and O–H groups in total. The molecular formula is C41H57ClN8O10S2. The molecule has 0 aliphatic carbocycles. The number of carbonyl (C=O) groups excluding carboxylic acids is 1. The van der Waals surface area contributed by atoms with E-state index >= 15 is 0 Å². The van der Waals surface area contributed by atoms with Gasteiger partial charge in [0.2, 0.25) is 15.7 Å². The number of primary amides is 1. The van der Waals surface area contributed by atoms with Gasteiger partial charge in [-0.25, -0.2) is 16.8 Å². The van der Waals surface area contributed by atoms with Crippen molar-refractivity contribution in [1.82, 2.24) is 10.6 Å². The number of hydrogen-bond acceptors (Lipinski definition) is 14. The van der Waals surface area contributed by atoms with Crippen LogP contribution in [0.15, 0.2) is 99.6 Å². The highest BCUT2D eigenvalue weighted by atomic mass is 35.5. The van der Waals surface area contributed by atoms with Gasteiger partial charge in [0.25, 0.3) is 22.0 Å². The predicted molar refractivity (Wildman–Crippen MR) is 244 cm³/mol. The van der Waals surface area contributed by atoms with E-state index in [1.54, 1.807) is 54.6 Å². The zero-order chi connectivity index (χ0) is 45.5. The fourth-order valence-corrected chi connectivity index (χ4v) is 8.96. The third-order valence-corrected chi connectivity index (χ3v) is 12.3. The Labute approximate surface area is 369 Å². The average molecular weight is 922 g/mol. The van der Waals surface area contributed by atoms with E-state index in [1.165, 1.54) is 37.4 Å². The summed E-state index contributed by atoms with van der Waals surface area (Å²) in [6, 6.07) is 23.0. The first-order valence-electron chi connectivity index (χ1n) is 19.1. The van der Waals surface area contributed by atoms with E-state index in [9.17, 15) is 21.6 Å². The number of amides is 1. The number of carboxylic acid groups (broad SMARTS) is 2. The summed E-state index contributed by atoms with van der Waals surface area (Å²) in [5.41, 5.74) is 20.6. The van der Waals surface area contributed by atoms with E-state index in [1.807, 2.05) is 0 Å². The van der Waals surface area contributed by atoms with Gasteiger partial charge in [-0.2, -0.15) is 0 Å². The summed E-state index contributed by atoms with van der Waals surface area (Å²) in [5, 5.41) is 21.6. The van der Waals surface area contributed by atoms with E-state index in [0.717, 1.165) is 70.9 Å². The number of aliphatic carboxylic acids is 2. The molecule has 0 radical (unpaired) electrons. The Bertz CT molecular complexity index is 2340. The molecule has 62 heavy (non-hydrogen) atoms. The number of nitrogens with one attached hydrogen (secondary N) is 3. The SMILES string of the molecule is CC(=O)O.CC(=O)O.COc1ccccc1NS(=O)(=O)c1ccc(N2C[C@@H](C)NC[C@@H]2C)c(N)c1.Cl.NC(=O)c1ccccc1S(=O)(=O)c1ccc(N2CCCNCC2)c(N)c1. The highest BCUT2D eigenvalue weighted by Crippen LogP contribution is 2.33. The summed E-state index contributed by atoms with van der Waals surface area (Å²) in [4.78, 5) is 34.0. The summed E-state index contributed by atoms with van der Waals surface area (Å²) < 4.78 is 59.3. The number of carboxylic acids is 2. The van der Waals surface area contributed by atoms with Crippen LogP contribution in [0.25, 0.3) is 0 Å². The van der Waals surface area contributed by atoms with Crippen molar-refractivity contribution in [3.05, 3.63) is 90.5 Å². The quantitative estimate of drug-likeness (QED) is 0.111. The number of nitrogens with zero attached hydrogens (tertiary/aromatic N) is 2. The summed E-state index contributed by atoms with van der Waals surface area (Å²) in [7, 11) is -6.19. The van der Waals surface area contributed by atoms with Gasteiger partial charge in [0.1, 0.15) is 5.75 Å². The minimum atomic E-state index is -3.90. The minimum absolute atomic E-state index is 0. The van der Waals surface area contributed by atoms with Crippen molar-refractivity contribution in [2.24, 2.45) is 5.73 Å². The molecule has 2 heterocycles. The molecule has 2 saturated heterocycles. The normalized spacial score (nSPS) is 16.1. The fraction of sp³-hybridized carbons (Fsp3) is 0.341. The Hall–Kier alpha value is -5.80. The van der Waals surface area contributed by atoms with Crippen LogP contribution in [0.3, 0.4) is 0 Å². The third-order valence-electron chi connectivity index (χ3n) is 9.17. The van der Waals surface area contributed by atoms with Gasteiger partial charge in [0.15, 0.2) is 0 Å². The first-order valence-corrected chi connectivity index (χ1v) is 22.1. The van der Waals surface area contributed by atoms with Gasteiger partial charge in [-0.05, 0) is 87.5 Å². The topological polar surface area (TPSA) is 290 Å². The van der Waals surface area contributed by atoms with E-state index in [4.69, 9.17) is 41.7 Å². The number of piperazine rings is 1. The Kier molecular flexibility index (Phi) is 20.3. The van der Waals surface area contributed by atoms with Gasteiger partial charge in [-0.1, -0.05) is 24.3 Å². The van der Waals surface area contributed by atoms with E-state index in [2.05, 4.69) is 39.0 Å². The molecule has 2 aliphatic rings. The minimum Gasteiger partial charge on any atom is -0.495 e. The number of benzene rings is 4. The van der Waals surface area contributed by atoms with Gasteiger partial charge in [0, 0.05) is 58.7 Å². The number of sulfonamides is 1. The summed E-state index contributed by atoms with van der Waals surface area (Å²) >= 11 is 0. The van der Waals surface area contributed by atoms with Crippen molar-refractivity contribution in [3.8, 4) is 5.75 Å². The molecule has 0 saturated carbocycles. The van der Waals surface area contributed by atoms with Gasteiger partial charge in [-0.3, -0.25) is 19.1 Å². The number of halogens is 1. The van der Waals surface area contributed by atoms with Gasteiger partial charge >= 0.3 is 0 Å². The summed E-state index contributed by atoms with van der Waals surface area (Å²) in [6.45, 7) is 11.5. The Morgan fingerprint density at radius 3 is 1.98 bits per heavy atom. The van der Waals surface area contributed by atoms with Crippen LogP contribution in [-0.4, -0.2) is 103 Å². The van der Waals surface area contributed by atoms with Crippen molar-refractivity contribution in [3.63, 3.8) is 0 Å². The number of hydrogen-bond donors (Lipinski definition) is 8. The van der Waals surface area contributed by atoms with Gasteiger partial charge < -0.3 is 52.6 Å². The number of anilines is 5. The van der Waals surface area contributed by atoms with Crippen LogP contribution < -0.4 is 47.1 Å². The first kappa shape index (κ1) is 52.3. The molecule has 21 heteroatoms. The van der Waals surface area contributed by atoms with Crippen LogP contribution in [0.4, 0.5) is 28.4 Å². The number of rotatable bonds is 9. The molecule has 2 fully saturated rings. The van der Waals surface area contributed by atoms with E-state index < -0.39 is 37.7 Å². The third kappa shape index (κ3) is 15.0. The number of para-hydroxylation sites is 2. The molecular weight excluding hydrogens is 864 g/mol. The molecule has 0 aromatic heterocycles. The van der Waals surface area contributed by atoms with Crippen molar-refractivity contribution < 1.29 is 46.2 Å². The van der Waals surface area contributed by atoms with Gasteiger partial charge in [-0.15, -0.1) is 12.4 Å². The van der Waals surface area contributed by atoms with Crippen molar-refractivity contribution in [2.45, 2.75) is 60.9 Å². The van der Waals surface area contributed by atoms with Crippen LogP contribution in [0.5, 0.6) is 5.75 Å². The molecule has 340 valence electrons. The molecule has 0 unspecified atom stereocenters. The maximum atomic E-state index is 13.0. The Morgan fingerprint density at radius 1 is 0.806 bits per heavy atom. The van der Waals surface area contributed by atoms with Crippen molar-refractivity contribution in [2.75, 3.05) is 72.4 Å². The smallest absolute Gasteiger partial charge is 0.300 e. The lowest BCUT2D eigenvalue weighted by Gasteiger charge is -2.39. The van der Waals surface area contributed by atoms with Crippen LogP contribution >= 0.6 is 12.4 Å². The zero-order valence-corrected chi connectivity index (χ0v) is 37.6. The first-order chi connectivity index (χ1) is 28.7. The lowest BCUT2D eigenvalue weighted by atomic mass is 10.1. The van der Waals surface area contributed by atoms with Crippen molar-refractivity contribution in [1.29, 1.82) is 0 Å². The molecule has 0 spiro atoms. The molecule has 4 aromatic rings. The number of ether oxygens (including phenoxy) is 1. The van der Waals surface area contributed by atoms with Crippen LogP contribution in [0.2, 0.25) is 0 Å². The lowest BCUT2D eigenvalue weighted by molar-refractivity contribution is -0.135. The Morgan fingerprint density at radius 2 is 1.37 bits per heavy atom. The molecule has 2 aliphatic heterocycles. The zero-order valence-electron chi connectivity index (χ0n) is 35.2.